The minimum atomic E-state index is -0.682. The summed E-state index contributed by atoms with van der Waals surface area (Å²) in [6, 6.07) is 10.4. The summed E-state index contributed by atoms with van der Waals surface area (Å²) in [6.45, 7) is 3.92. The van der Waals surface area contributed by atoms with E-state index in [9.17, 15) is 14.0 Å². The quantitative estimate of drug-likeness (QED) is 0.610. The molecule has 2 aliphatic rings. The van der Waals surface area contributed by atoms with Gasteiger partial charge >= 0.3 is 0 Å². The minimum Gasteiger partial charge on any atom is -0.496 e. The Morgan fingerprint density at radius 1 is 1.09 bits per heavy atom. The van der Waals surface area contributed by atoms with Gasteiger partial charge in [0.15, 0.2) is 5.43 Å². The van der Waals surface area contributed by atoms with E-state index in [-0.39, 0.29) is 28.2 Å². The van der Waals surface area contributed by atoms with Gasteiger partial charge in [0.2, 0.25) is 5.76 Å². The number of ether oxygens (including phenoxy) is 2. The van der Waals surface area contributed by atoms with Gasteiger partial charge in [0.25, 0.3) is 5.91 Å². The molecule has 0 radical (unpaired) electrons. The van der Waals surface area contributed by atoms with Gasteiger partial charge in [0.05, 0.1) is 37.3 Å². The summed E-state index contributed by atoms with van der Waals surface area (Å²) < 4.78 is 30.7. The van der Waals surface area contributed by atoms with Gasteiger partial charge in [-0.05, 0) is 24.3 Å². The molecule has 0 saturated carbocycles. The number of fused-ring (bicyclic) bond motifs is 2. The number of hydrogen-bond donors (Lipinski definition) is 0. The van der Waals surface area contributed by atoms with Crippen LogP contribution in [0.15, 0.2) is 51.7 Å². The van der Waals surface area contributed by atoms with E-state index < -0.39 is 17.3 Å². The fraction of sp³-hybridized carbons (Fsp3) is 0.333. The lowest BCUT2D eigenvalue weighted by Crippen LogP contribution is -2.42. The molecule has 0 unspecified atom stereocenters. The van der Waals surface area contributed by atoms with Crippen LogP contribution in [0.4, 0.5) is 4.39 Å². The Hall–Kier alpha value is -3.23. The first-order valence-electron chi connectivity index (χ1n) is 10.6. The maximum absolute atomic E-state index is 13.9. The Bertz CT molecular complexity index is 1230. The molecule has 3 heterocycles. The predicted molar refractivity (Wildman–Crippen MR) is 116 cm³/mol. The van der Waals surface area contributed by atoms with Crippen LogP contribution in [0, 0.1) is 5.82 Å². The van der Waals surface area contributed by atoms with Crippen molar-refractivity contribution in [1.29, 1.82) is 0 Å². The normalized spacial score (nSPS) is 18.9. The molecule has 32 heavy (non-hydrogen) atoms. The zero-order valence-corrected chi connectivity index (χ0v) is 17.7. The smallest absolute Gasteiger partial charge is 0.290 e. The Balaban J connectivity index is 1.64. The molecule has 2 aliphatic heterocycles. The number of para-hydroxylation sites is 1. The summed E-state index contributed by atoms with van der Waals surface area (Å²) in [5, 5.41) is 0.117. The average Bonchev–Trinajstić information content (AvgIpc) is 3.10. The number of carbonyl (C=O) groups excluding carboxylic acids is 1. The van der Waals surface area contributed by atoms with E-state index in [2.05, 4.69) is 4.90 Å². The summed E-state index contributed by atoms with van der Waals surface area (Å²) in [7, 11) is 1.55. The van der Waals surface area contributed by atoms with E-state index in [1.54, 1.807) is 18.1 Å². The second kappa shape index (κ2) is 8.37. The highest BCUT2D eigenvalue weighted by atomic mass is 19.1. The molecule has 166 valence electrons. The molecular weight excluding hydrogens is 415 g/mol. The van der Waals surface area contributed by atoms with Crippen LogP contribution in [-0.2, 0) is 4.74 Å². The maximum Gasteiger partial charge on any atom is 0.290 e. The first-order chi connectivity index (χ1) is 15.6. The fourth-order valence-corrected chi connectivity index (χ4v) is 4.51. The number of nitrogens with zero attached hydrogens (tertiary/aromatic N) is 2. The van der Waals surface area contributed by atoms with Crippen molar-refractivity contribution in [3.05, 3.63) is 75.4 Å². The number of hydrogen-bond acceptors (Lipinski definition) is 6. The molecule has 2 aromatic carbocycles. The monoisotopic (exact) mass is 438 g/mol. The fourth-order valence-electron chi connectivity index (χ4n) is 4.51. The largest absolute Gasteiger partial charge is 0.496 e. The standard InChI is InChI=1S/C24H23FN2O5/c1-30-18-5-3-2-4-16(18)21-20-22(28)17-14-15(25)6-7-19(17)32-23(20)24(29)27(21)9-8-26-10-12-31-13-11-26/h2-7,14,21H,8-13H2,1H3/t21-/m0/s1. The van der Waals surface area contributed by atoms with E-state index in [4.69, 9.17) is 13.9 Å². The highest BCUT2D eigenvalue weighted by molar-refractivity contribution is 5.99. The van der Waals surface area contributed by atoms with Gasteiger partial charge in [-0.3, -0.25) is 14.5 Å². The van der Waals surface area contributed by atoms with Gasteiger partial charge in [0.1, 0.15) is 17.1 Å². The first-order valence-corrected chi connectivity index (χ1v) is 10.6. The van der Waals surface area contributed by atoms with E-state index in [1.165, 1.54) is 12.1 Å². The lowest BCUT2D eigenvalue weighted by Gasteiger charge is -2.31. The van der Waals surface area contributed by atoms with Gasteiger partial charge in [-0.1, -0.05) is 18.2 Å². The van der Waals surface area contributed by atoms with Crippen LogP contribution in [0.5, 0.6) is 5.75 Å². The van der Waals surface area contributed by atoms with Gasteiger partial charge in [-0.2, -0.15) is 0 Å². The number of rotatable bonds is 5. The van der Waals surface area contributed by atoms with Crippen molar-refractivity contribution >= 4 is 16.9 Å². The van der Waals surface area contributed by atoms with Crippen LogP contribution in [0.25, 0.3) is 11.0 Å². The average molecular weight is 438 g/mol. The molecule has 3 aromatic rings. The Labute approximate surface area is 183 Å². The zero-order valence-electron chi connectivity index (χ0n) is 17.7. The van der Waals surface area contributed by atoms with Crippen molar-refractivity contribution in [3.8, 4) is 5.75 Å². The molecule has 1 amide bonds. The van der Waals surface area contributed by atoms with Gasteiger partial charge in [0, 0.05) is 31.7 Å². The van der Waals surface area contributed by atoms with Crippen molar-refractivity contribution in [3.63, 3.8) is 0 Å². The van der Waals surface area contributed by atoms with Crippen molar-refractivity contribution in [2.24, 2.45) is 0 Å². The van der Waals surface area contributed by atoms with Gasteiger partial charge in [-0.25, -0.2) is 4.39 Å². The zero-order chi connectivity index (χ0) is 22.2. The van der Waals surface area contributed by atoms with E-state index in [0.29, 0.717) is 37.6 Å². The summed E-state index contributed by atoms with van der Waals surface area (Å²) >= 11 is 0. The minimum absolute atomic E-state index is 0.00647. The van der Waals surface area contributed by atoms with Crippen molar-refractivity contribution in [1.82, 2.24) is 9.80 Å². The third kappa shape index (κ3) is 3.45. The Kier molecular flexibility index (Phi) is 5.40. The van der Waals surface area contributed by atoms with Crippen LogP contribution >= 0.6 is 0 Å². The predicted octanol–water partition coefficient (Wildman–Crippen LogP) is 2.82. The van der Waals surface area contributed by atoms with Crippen molar-refractivity contribution in [2.75, 3.05) is 46.5 Å². The van der Waals surface area contributed by atoms with Crippen LogP contribution < -0.4 is 10.2 Å². The van der Waals surface area contributed by atoms with Gasteiger partial charge in [-0.15, -0.1) is 0 Å². The molecule has 8 heteroatoms. The number of benzene rings is 2. The third-order valence-electron chi connectivity index (χ3n) is 6.12. The number of carbonyl (C=O) groups is 1. The second-order valence-electron chi connectivity index (χ2n) is 7.91. The van der Waals surface area contributed by atoms with E-state index in [0.717, 1.165) is 19.2 Å². The van der Waals surface area contributed by atoms with Crippen LogP contribution in [0.1, 0.15) is 27.7 Å². The molecule has 1 aromatic heterocycles. The summed E-state index contributed by atoms with van der Waals surface area (Å²) in [4.78, 5) is 30.8. The molecule has 0 spiro atoms. The van der Waals surface area contributed by atoms with Gasteiger partial charge < -0.3 is 18.8 Å². The first kappa shape index (κ1) is 20.7. The summed E-state index contributed by atoms with van der Waals surface area (Å²) in [5.41, 5.74) is 0.697. The lowest BCUT2D eigenvalue weighted by atomic mass is 9.97. The SMILES string of the molecule is COc1ccccc1[C@H]1c2c(oc3ccc(F)cc3c2=O)C(=O)N1CCN1CCOCC1. The van der Waals surface area contributed by atoms with Crippen molar-refractivity contribution in [2.45, 2.75) is 6.04 Å². The molecule has 0 N–H and O–H groups in total. The Morgan fingerprint density at radius 2 is 1.88 bits per heavy atom. The number of halogens is 1. The second-order valence-corrected chi connectivity index (χ2v) is 7.91. The summed E-state index contributed by atoms with van der Waals surface area (Å²) in [5.74, 6) is -0.320. The third-order valence-corrected chi connectivity index (χ3v) is 6.12. The molecule has 0 aliphatic carbocycles. The van der Waals surface area contributed by atoms with Crippen LogP contribution in [0.3, 0.4) is 0 Å². The number of methoxy groups -OCH3 is 1. The summed E-state index contributed by atoms with van der Waals surface area (Å²) in [6.07, 6.45) is 0. The molecule has 5 rings (SSSR count). The highest BCUT2D eigenvalue weighted by Gasteiger charge is 2.43. The molecule has 1 fully saturated rings. The maximum atomic E-state index is 13.9. The Morgan fingerprint density at radius 3 is 2.66 bits per heavy atom. The number of morpholine rings is 1. The number of amides is 1. The van der Waals surface area contributed by atoms with Crippen LogP contribution in [0.2, 0.25) is 0 Å². The molecule has 1 saturated heterocycles. The van der Waals surface area contributed by atoms with Crippen molar-refractivity contribution < 1.29 is 23.1 Å². The lowest BCUT2D eigenvalue weighted by molar-refractivity contribution is 0.0314. The molecule has 1 atom stereocenters. The molecular formula is C24H23FN2O5. The van der Waals surface area contributed by atoms with E-state index >= 15 is 0 Å². The highest BCUT2D eigenvalue weighted by Crippen LogP contribution is 2.41. The topological polar surface area (TPSA) is 72.2 Å². The molecule has 0 bridgehead atoms. The van der Waals surface area contributed by atoms with E-state index in [1.807, 2.05) is 18.2 Å². The molecule has 7 nitrogen and oxygen atoms in total. The van der Waals surface area contributed by atoms with Crippen LogP contribution in [-0.4, -0.2) is 62.2 Å².